The molecule has 1 aliphatic carbocycles. The van der Waals surface area contributed by atoms with Gasteiger partial charge in [0.05, 0.1) is 5.60 Å². The maximum Gasteiger partial charge on any atom is 0.314 e. The zero-order valence-electron chi connectivity index (χ0n) is 11.8. The molecule has 116 valence electrons. The van der Waals surface area contributed by atoms with Gasteiger partial charge in [-0.05, 0) is 55.9 Å². The Hall–Kier alpha value is -1.69. The molecule has 0 aromatic heterocycles. The lowest BCUT2D eigenvalue weighted by molar-refractivity contribution is -0.0388. The molecule has 1 saturated carbocycles. The van der Waals surface area contributed by atoms with Gasteiger partial charge in [0.25, 0.3) is 0 Å². The van der Waals surface area contributed by atoms with E-state index in [1.807, 2.05) is 0 Å². The van der Waals surface area contributed by atoms with Gasteiger partial charge in [-0.15, -0.1) is 0 Å². The maximum atomic E-state index is 13.4. The van der Waals surface area contributed by atoms with Crippen molar-refractivity contribution in [2.24, 2.45) is 0 Å². The average molecular weight is 298 g/mol. The van der Waals surface area contributed by atoms with E-state index in [0.29, 0.717) is 13.0 Å². The van der Waals surface area contributed by atoms with Crippen molar-refractivity contribution in [3.05, 3.63) is 35.4 Å². The lowest BCUT2D eigenvalue weighted by Gasteiger charge is -2.36. The predicted octanol–water partition coefficient (Wildman–Crippen LogP) is 2.11. The molecule has 1 aromatic carbocycles. The smallest absolute Gasteiger partial charge is 0.314 e. The molecule has 1 aliphatic rings. The second-order valence-electron chi connectivity index (χ2n) is 5.50. The van der Waals surface area contributed by atoms with Crippen molar-refractivity contribution in [3.63, 3.8) is 0 Å². The van der Waals surface area contributed by atoms with E-state index in [-0.39, 0.29) is 24.6 Å². The van der Waals surface area contributed by atoms with E-state index >= 15 is 0 Å². The van der Waals surface area contributed by atoms with E-state index in [0.717, 1.165) is 37.5 Å². The molecule has 0 saturated heterocycles. The molecule has 1 aromatic rings. The molecule has 21 heavy (non-hydrogen) atoms. The third-order valence-corrected chi connectivity index (χ3v) is 3.85. The van der Waals surface area contributed by atoms with E-state index in [9.17, 15) is 18.7 Å². The van der Waals surface area contributed by atoms with Crippen molar-refractivity contribution in [1.82, 2.24) is 10.6 Å². The lowest BCUT2D eigenvalue weighted by atomic mass is 9.78. The molecular weight excluding hydrogens is 278 g/mol. The Bertz CT molecular complexity index is 504. The highest BCUT2D eigenvalue weighted by Gasteiger charge is 2.33. The van der Waals surface area contributed by atoms with Crippen LogP contribution in [0.1, 0.15) is 31.2 Å². The van der Waals surface area contributed by atoms with Crippen LogP contribution in [0.4, 0.5) is 13.6 Å². The summed E-state index contributed by atoms with van der Waals surface area (Å²) in [6, 6.07) is 2.89. The number of urea groups is 1. The molecule has 2 rings (SSSR count). The molecule has 6 heteroatoms. The van der Waals surface area contributed by atoms with Crippen LogP contribution in [0.5, 0.6) is 0 Å². The van der Waals surface area contributed by atoms with Crippen LogP contribution >= 0.6 is 0 Å². The normalized spacial score (nSPS) is 16.1. The van der Waals surface area contributed by atoms with Crippen LogP contribution in [0.2, 0.25) is 0 Å². The van der Waals surface area contributed by atoms with Crippen molar-refractivity contribution in [3.8, 4) is 0 Å². The fourth-order valence-electron chi connectivity index (χ4n) is 2.35. The number of carbonyl (C=O) groups is 1. The number of nitrogens with one attached hydrogen (secondary N) is 2. The molecule has 0 heterocycles. The topological polar surface area (TPSA) is 61.4 Å². The first-order valence-electron chi connectivity index (χ1n) is 7.17. The predicted molar refractivity (Wildman–Crippen MR) is 74.9 cm³/mol. The molecule has 2 amide bonds. The number of halogens is 2. The third-order valence-electron chi connectivity index (χ3n) is 3.85. The molecule has 0 radical (unpaired) electrons. The van der Waals surface area contributed by atoms with Crippen LogP contribution in [0.3, 0.4) is 0 Å². The summed E-state index contributed by atoms with van der Waals surface area (Å²) in [4.78, 5) is 11.5. The number of amides is 2. The van der Waals surface area contributed by atoms with Gasteiger partial charge in [-0.3, -0.25) is 0 Å². The lowest BCUT2D eigenvalue weighted by Crippen LogP contribution is -2.43. The number of hydrogen-bond donors (Lipinski definition) is 3. The molecule has 4 nitrogen and oxygen atoms in total. The zero-order chi connectivity index (χ0) is 15.3. The molecule has 1 fully saturated rings. The van der Waals surface area contributed by atoms with Crippen molar-refractivity contribution in [1.29, 1.82) is 0 Å². The van der Waals surface area contributed by atoms with Crippen LogP contribution < -0.4 is 10.6 Å². The second kappa shape index (κ2) is 6.85. The van der Waals surface area contributed by atoms with Gasteiger partial charge in [0.1, 0.15) is 11.6 Å². The molecule has 0 bridgehead atoms. The quantitative estimate of drug-likeness (QED) is 0.753. The summed E-state index contributed by atoms with van der Waals surface area (Å²) in [7, 11) is 0. The standard InChI is InChI=1S/C15H20F2N2O2/c16-12-2-3-13(17)11(10-12)4-8-18-14(20)19-9-7-15(21)5-1-6-15/h2-3,10,21H,1,4-9H2,(H2,18,19,20). The van der Waals surface area contributed by atoms with Crippen LogP contribution in [-0.2, 0) is 6.42 Å². The van der Waals surface area contributed by atoms with Crippen LogP contribution in [0.25, 0.3) is 0 Å². The van der Waals surface area contributed by atoms with Crippen molar-refractivity contribution < 1.29 is 18.7 Å². The Morgan fingerprint density at radius 3 is 2.62 bits per heavy atom. The SMILES string of the molecule is O=C(NCCc1cc(F)ccc1F)NCCC1(O)CCC1. The number of aliphatic hydroxyl groups is 1. The Kier molecular flexibility index (Phi) is 5.12. The molecular formula is C15H20F2N2O2. The first-order valence-corrected chi connectivity index (χ1v) is 7.17. The van der Waals surface area contributed by atoms with Gasteiger partial charge in [-0.1, -0.05) is 0 Å². The highest BCUT2D eigenvalue weighted by Crippen LogP contribution is 2.33. The van der Waals surface area contributed by atoms with Crippen LogP contribution in [-0.4, -0.2) is 29.8 Å². The van der Waals surface area contributed by atoms with Crippen molar-refractivity contribution >= 4 is 6.03 Å². The number of hydrogen-bond acceptors (Lipinski definition) is 2. The summed E-state index contributed by atoms with van der Waals surface area (Å²) < 4.78 is 26.3. The van der Waals surface area contributed by atoms with Gasteiger partial charge in [-0.25, -0.2) is 13.6 Å². The van der Waals surface area contributed by atoms with Gasteiger partial charge >= 0.3 is 6.03 Å². The van der Waals surface area contributed by atoms with Crippen molar-refractivity contribution in [2.75, 3.05) is 13.1 Å². The number of carbonyl (C=O) groups excluding carboxylic acids is 1. The number of rotatable bonds is 6. The van der Waals surface area contributed by atoms with Gasteiger partial charge in [0.15, 0.2) is 0 Å². The first kappa shape index (κ1) is 15.7. The van der Waals surface area contributed by atoms with Crippen LogP contribution in [0.15, 0.2) is 18.2 Å². The monoisotopic (exact) mass is 298 g/mol. The third kappa shape index (κ3) is 4.67. The van der Waals surface area contributed by atoms with Gasteiger partial charge in [0.2, 0.25) is 0 Å². The molecule has 0 spiro atoms. The summed E-state index contributed by atoms with van der Waals surface area (Å²) >= 11 is 0. The maximum absolute atomic E-state index is 13.4. The molecule has 0 aliphatic heterocycles. The fourth-order valence-corrected chi connectivity index (χ4v) is 2.35. The van der Waals surface area contributed by atoms with Gasteiger partial charge in [-0.2, -0.15) is 0 Å². The highest BCUT2D eigenvalue weighted by atomic mass is 19.1. The molecule has 0 unspecified atom stereocenters. The highest BCUT2D eigenvalue weighted by molar-refractivity contribution is 5.73. The minimum atomic E-state index is -0.613. The van der Waals surface area contributed by atoms with Crippen LogP contribution in [0, 0.1) is 11.6 Å². The average Bonchev–Trinajstić information content (AvgIpc) is 2.41. The summed E-state index contributed by atoms with van der Waals surface area (Å²) in [6.45, 7) is 0.618. The van der Waals surface area contributed by atoms with Gasteiger partial charge < -0.3 is 15.7 Å². The fraction of sp³-hybridized carbons (Fsp3) is 0.533. The van der Waals surface area contributed by atoms with E-state index < -0.39 is 17.2 Å². The van der Waals surface area contributed by atoms with E-state index in [2.05, 4.69) is 10.6 Å². The molecule has 3 N–H and O–H groups in total. The largest absolute Gasteiger partial charge is 0.390 e. The number of benzene rings is 1. The summed E-state index contributed by atoms with van der Waals surface area (Å²) in [5.74, 6) is -0.976. The minimum Gasteiger partial charge on any atom is -0.390 e. The van der Waals surface area contributed by atoms with E-state index in [1.165, 1.54) is 0 Å². The minimum absolute atomic E-state index is 0.219. The molecule has 0 atom stereocenters. The van der Waals surface area contributed by atoms with E-state index in [1.54, 1.807) is 0 Å². The summed E-state index contributed by atoms with van der Waals surface area (Å²) in [5, 5.41) is 15.1. The van der Waals surface area contributed by atoms with E-state index in [4.69, 9.17) is 0 Å². The summed E-state index contributed by atoms with van der Waals surface area (Å²) in [5.41, 5.74) is -0.378. The van der Waals surface area contributed by atoms with Crippen molar-refractivity contribution in [2.45, 2.75) is 37.7 Å². The van der Waals surface area contributed by atoms with Gasteiger partial charge in [0, 0.05) is 13.1 Å². The first-order chi connectivity index (χ1) is 9.98. The Morgan fingerprint density at radius 1 is 1.24 bits per heavy atom. The zero-order valence-corrected chi connectivity index (χ0v) is 11.8. The Morgan fingerprint density at radius 2 is 1.95 bits per heavy atom. The second-order valence-corrected chi connectivity index (χ2v) is 5.50. The summed E-state index contributed by atoms with van der Waals surface area (Å²) in [6.07, 6.45) is 3.37. The Labute approximate surface area is 122 Å². The Balaban J connectivity index is 1.63.